The van der Waals surface area contributed by atoms with E-state index in [1.807, 2.05) is 0 Å². The van der Waals surface area contributed by atoms with Gasteiger partial charge in [-0.25, -0.2) is 5.01 Å². The van der Waals surface area contributed by atoms with E-state index >= 15 is 0 Å². The fourth-order valence-electron chi connectivity index (χ4n) is 1.72. The lowest BCUT2D eigenvalue weighted by Gasteiger charge is -2.25. The van der Waals surface area contributed by atoms with E-state index in [4.69, 9.17) is 18.0 Å². The molecule has 2 N–H and O–H groups in total. The number of hydrogen-bond acceptors (Lipinski definition) is 4. The van der Waals surface area contributed by atoms with E-state index in [9.17, 15) is 9.59 Å². The smallest absolute Gasteiger partial charge is 0.281 e. The second-order valence-electron chi connectivity index (χ2n) is 4.03. The zero-order valence-corrected chi connectivity index (χ0v) is 11.3. The quantitative estimate of drug-likeness (QED) is 0.449. The highest BCUT2D eigenvalue weighted by Gasteiger charge is 2.33. The minimum Gasteiger partial charge on any atom is -0.375 e. The van der Waals surface area contributed by atoms with E-state index in [2.05, 4.69) is 5.10 Å². The Hall–Kier alpha value is -2.28. The monoisotopic (exact) mass is 276 g/mol. The summed E-state index contributed by atoms with van der Waals surface area (Å²) in [6, 6.07) is 6.79. The van der Waals surface area contributed by atoms with E-state index in [-0.39, 0.29) is 16.7 Å². The molecule has 0 unspecified atom stereocenters. The third-order valence-corrected chi connectivity index (χ3v) is 3.06. The number of fused-ring (bicyclic) bond motifs is 1. The van der Waals surface area contributed by atoms with Crippen LogP contribution in [0.2, 0.25) is 0 Å². The predicted molar refractivity (Wildman–Crippen MR) is 74.6 cm³/mol. The minimum absolute atomic E-state index is 0.0392. The molecule has 0 saturated carbocycles. The van der Waals surface area contributed by atoms with Gasteiger partial charge >= 0.3 is 0 Å². The van der Waals surface area contributed by atoms with Gasteiger partial charge in [0.05, 0.1) is 0 Å². The molecule has 0 atom stereocenters. The van der Waals surface area contributed by atoms with Crippen LogP contribution >= 0.6 is 12.2 Å². The lowest BCUT2D eigenvalue weighted by molar-refractivity contribution is -0.120. The van der Waals surface area contributed by atoms with Crippen molar-refractivity contribution < 1.29 is 9.59 Å². The summed E-state index contributed by atoms with van der Waals surface area (Å²) >= 11 is 4.78. The first-order chi connectivity index (χ1) is 8.93. The molecule has 2 rings (SSSR count). The highest BCUT2D eigenvalue weighted by Crippen LogP contribution is 2.19. The van der Waals surface area contributed by atoms with Gasteiger partial charge in [0.25, 0.3) is 11.8 Å². The van der Waals surface area contributed by atoms with Crippen molar-refractivity contribution >= 4 is 34.9 Å². The van der Waals surface area contributed by atoms with Crippen LogP contribution < -0.4 is 5.73 Å². The number of carbonyl (C=O) groups is 2. The maximum Gasteiger partial charge on any atom is 0.281 e. The molecule has 1 aliphatic heterocycles. The molecule has 0 saturated heterocycles. The molecule has 0 radical (unpaired) electrons. The van der Waals surface area contributed by atoms with E-state index < -0.39 is 5.91 Å². The molecule has 0 fully saturated rings. The van der Waals surface area contributed by atoms with E-state index in [1.165, 1.54) is 12.1 Å². The number of benzene rings is 1. The Morgan fingerprint density at radius 3 is 2.42 bits per heavy atom. The lowest BCUT2D eigenvalue weighted by Crippen LogP contribution is -2.45. The van der Waals surface area contributed by atoms with Crippen LogP contribution in [-0.4, -0.2) is 46.6 Å². The first kappa shape index (κ1) is 13.2. The van der Waals surface area contributed by atoms with Crippen LogP contribution in [0.5, 0.6) is 0 Å². The van der Waals surface area contributed by atoms with Gasteiger partial charge in [0.15, 0.2) is 10.8 Å². The van der Waals surface area contributed by atoms with Crippen molar-refractivity contribution in [3.8, 4) is 0 Å². The molecule has 6 nitrogen and oxygen atoms in total. The van der Waals surface area contributed by atoms with Crippen molar-refractivity contribution in [2.75, 3.05) is 14.1 Å². The molecule has 1 aliphatic rings. The largest absolute Gasteiger partial charge is 0.375 e. The number of imide groups is 1. The second kappa shape index (κ2) is 4.77. The number of rotatable bonds is 1. The summed E-state index contributed by atoms with van der Waals surface area (Å²) < 4.78 is 0. The van der Waals surface area contributed by atoms with Crippen LogP contribution in [0.3, 0.4) is 0 Å². The molecule has 19 heavy (non-hydrogen) atoms. The lowest BCUT2D eigenvalue weighted by atomic mass is 9.97. The predicted octanol–water partition coefficient (Wildman–Crippen LogP) is 0.178. The first-order valence-electron chi connectivity index (χ1n) is 5.47. The Bertz CT molecular complexity index is 612. The highest BCUT2D eigenvalue weighted by molar-refractivity contribution is 7.80. The summed E-state index contributed by atoms with van der Waals surface area (Å²) in [5.74, 6) is -0.829. The molecule has 0 aromatic heterocycles. The summed E-state index contributed by atoms with van der Waals surface area (Å²) in [4.78, 5) is 25.1. The molecule has 0 aliphatic carbocycles. The van der Waals surface area contributed by atoms with Crippen molar-refractivity contribution in [2.24, 2.45) is 10.8 Å². The highest BCUT2D eigenvalue weighted by atomic mass is 32.1. The summed E-state index contributed by atoms with van der Waals surface area (Å²) in [5, 5.41) is 5.35. The Morgan fingerprint density at radius 2 is 1.84 bits per heavy atom. The van der Waals surface area contributed by atoms with E-state index in [0.717, 1.165) is 4.90 Å². The normalized spacial score (nSPS) is 16.5. The number of carbonyl (C=O) groups excluding carboxylic acids is 2. The van der Waals surface area contributed by atoms with Crippen LogP contribution in [0.4, 0.5) is 0 Å². The van der Waals surface area contributed by atoms with Gasteiger partial charge in [-0.05, 0) is 18.3 Å². The van der Waals surface area contributed by atoms with Crippen molar-refractivity contribution in [3.63, 3.8) is 0 Å². The van der Waals surface area contributed by atoms with E-state index in [1.54, 1.807) is 31.3 Å². The van der Waals surface area contributed by atoms with Gasteiger partial charge in [-0.2, -0.15) is 5.10 Å². The molecule has 7 heteroatoms. The third kappa shape index (κ3) is 2.19. The topological polar surface area (TPSA) is 79.0 Å². The molecule has 1 aromatic carbocycles. The molecule has 0 spiro atoms. The van der Waals surface area contributed by atoms with Gasteiger partial charge in [-0.3, -0.25) is 14.5 Å². The molecule has 1 heterocycles. The fourth-order valence-corrected chi connectivity index (χ4v) is 1.76. The zero-order valence-electron chi connectivity index (χ0n) is 10.5. The summed E-state index contributed by atoms with van der Waals surface area (Å²) in [6.45, 7) is 0. The number of likely N-dealkylation sites (N-methyl/N-ethyl adjacent to an activating group) is 1. The molecular formula is C12H12N4O2S. The van der Waals surface area contributed by atoms with Crippen LogP contribution in [0.15, 0.2) is 29.4 Å². The summed E-state index contributed by atoms with van der Waals surface area (Å²) in [6.07, 6.45) is 0. The second-order valence-corrected chi connectivity index (χ2v) is 4.44. The van der Waals surface area contributed by atoms with Crippen molar-refractivity contribution in [3.05, 3.63) is 35.4 Å². The van der Waals surface area contributed by atoms with Crippen molar-refractivity contribution in [1.82, 2.24) is 9.91 Å². The Kier molecular flexibility index (Phi) is 3.30. The summed E-state index contributed by atoms with van der Waals surface area (Å²) in [5.41, 5.74) is 6.50. The van der Waals surface area contributed by atoms with Crippen LogP contribution in [0, 0.1) is 0 Å². The number of thiocarbonyl (C=S) groups is 1. The summed E-state index contributed by atoms with van der Waals surface area (Å²) in [7, 11) is 2.96. The van der Waals surface area contributed by atoms with Crippen molar-refractivity contribution in [2.45, 2.75) is 0 Å². The molecule has 0 bridgehead atoms. The molecule has 1 aromatic rings. The van der Waals surface area contributed by atoms with Crippen LogP contribution in [-0.2, 0) is 4.79 Å². The zero-order chi connectivity index (χ0) is 14.2. The molecule has 98 valence electrons. The maximum atomic E-state index is 12.1. The van der Waals surface area contributed by atoms with E-state index in [0.29, 0.717) is 11.1 Å². The van der Waals surface area contributed by atoms with Crippen molar-refractivity contribution in [1.29, 1.82) is 0 Å². The average molecular weight is 276 g/mol. The number of hydrazone groups is 1. The standard InChI is InChI=1S/C12H12N4O2S/c1-15-10(17)8-6-4-3-5-7(8)9(11(15)18)14-16(2)12(13)19/h3-6H,1-2H3,(H2,13,19). The van der Waals surface area contributed by atoms with Gasteiger partial charge in [0.2, 0.25) is 0 Å². The minimum atomic E-state index is -0.480. The SMILES string of the molecule is CN(N=C1C(=O)N(C)C(=O)c2ccccc21)C(N)=S. The Labute approximate surface area is 115 Å². The van der Waals surface area contributed by atoms with Gasteiger partial charge < -0.3 is 5.73 Å². The Balaban J connectivity index is 2.61. The number of nitrogens with zero attached hydrogens (tertiary/aromatic N) is 3. The Morgan fingerprint density at radius 1 is 1.26 bits per heavy atom. The third-order valence-electron chi connectivity index (χ3n) is 2.79. The van der Waals surface area contributed by atoms with Gasteiger partial charge in [-0.15, -0.1) is 0 Å². The fraction of sp³-hybridized carbons (Fsp3) is 0.167. The number of nitrogens with two attached hydrogens (primary N) is 1. The maximum absolute atomic E-state index is 12.1. The average Bonchev–Trinajstić information content (AvgIpc) is 2.40. The number of amides is 2. The number of hydrogen-bond donors (Lipinski definition) is 1. The van der Waals surface area contributed by atoms with Crippen LogP contribution in [0.1, 0.15) is 15.9 Å². The molecule has 2 amide bonds. The molecular weight excluding hydrogens is 264 g/mol. The van der Waals surface area contributed by atoms with Gasteiger partial charge in [-0.1, -0.05) is 18.2 Å². The first-order valence-corrected chi connectivity index (χ1v) is 5.88. The van der Waals surface area contributed by atoms with Crippen LogP contribution in [0.25, 0.3) is 0 Å². The van der Waals surface area contributed by atoms with Gasteiger partial charge in [0, 0.05) is 25.2 Å². The van der Waals surface area contributed by atoms with Gasteiger partial charge in [0.1, 0.15) is 0 Å².